The first kappa shape index (κ1) is 16.5. The number of anilines is 1. The molecule has 2 aromatic carbocycles. The van der Waals surface area contributed by atoms with Crippen LogP contribution < -0.4 is 5.32 Å². The molecule has 2 aromatic rings. The van der Waals surface area contributed by atoms with E-state index in [1.54, 1.807) is 0 Å². The van der Waals surface area contributed by atoms with Gasteiger partial charge in [0.15, 0.2) is 5.82 Å². The maximum absolute atomic E-state index is 13.3. The van der Waals surface area contributed by atoms with Crippen molar-refractivity contribution in [2.24, 2.45) is 0 Å². The van der Waals surface area contributed by atoms with Crippen molar-refractivity contribution in [1.82, 2.24) is 0 Å². The van der Waals surface area contributed by atoms with Gasteiger partial charge in [0.1, 0.15) is 5.82 Å². The molecule has 0 fully saturated rings. The first-order valence-corrected chi connectivity index (χ1v) is 5.86. The maximum Gasteiger partial charge on any atom is 0.224 e. The van der Waals surface area contributed by atoms with Crippen molar-refractivity contribution >= 4 is 11.6 Å². The van der Waals surface area contributed by atoms with Crippen LogP contribution >= 0.6 is 0 Å². The van der Waals surface area contributed by atoms with E-state index in [4.69, 9.17) is 0 Å². The summed E-state index contributed by atoms with van der Waals surface area (Å²) >= 11 is 0. The predicted octanol–water partition coefficient (Wildman–Crippen LogP) is 3.33. The van der Waals surface area contributed by atoms with E-state index in [1.165, 1.54) is 6.07 Å². The molecule has 101 valence electrons. The van der Waals surface area contributed by atoms with Gasteiger partial charge in [-0.05, 0) is 24.1 Å². The second kappa shape index (κ2) is 7.93. The molecule has 5 heteroatoms. The molecule has 0 aliphatic heterocycles. The van der Waals surface area contributed by atoms with Gasteiger partial charge in [-0.1, -0.05) is 30.3 Å². The van der Waals surface area contributed by atoms with Gasteiger partial charge < -0.3 is 5.32 Å². The topological polar surface area (TPSA) is 29.1 Å². The Bertz CT molecular complexity index is 575. The molecule has 1 N–H and O–H groups in total. The summed E-state index contributed by atoms with van der Waals surface area (Å²) in [5.74, 6) is -2.00. The number of benzene rings is 2. The van der Waals surface area contributed by atoms with Gasteiger partial charge in [-0.15, -0.1) is 0 Å². The smallest absolute Gasteiger partial charge is 0.224 e. The number of hydrogen-bond donors (Lipinski definition) is 1. The molecule has 0 aliphatic carbocycles. The van der Waals surface area contributed by atoms with Gasteiger partial charge in [0.05, 0.1) is 11.8 Å². The molecule has 0 aliphatic rings. The van der Waals surface area contributed by atoms with Gasteiger partial charge in [-0.25, -0.2) is 8.78 Å². The molecule has 0 aromatic heterocycles. The monoisotopic (exact) mass is 308 g/mol. The van der Waals surface area contributed by atoms with Crippen LogP contribution in [0.5, 0.6) is 0 Å². The zero-order valence-corrected chi connectivity index (χ0v) is 12.2. The first-order chi connectivity index (χ1) is 9.15. The van der Waals surface area contributed by atoms with Crippen molar-refractivity contribution < 1.29 is 35.3 Å². The van der Waals surface area contributed by atoms with Crippen LogP contribution in [0.4, 0.5) is 14.5 Å². The van der Waals surface area contributed by atoms with Gasteiger partial charge in [0.2, 0.25) is 5.91 Å². The Morgan fingerprint density at radius 2 is 1.80 bits per heavy atom. The molecule has 0 saturated carbocycles. The summed E-state index contributed by atoms with van der Waals surface area (Å²) in [7, 11) is 0. The summed E-state index contributed by atoms with van der Waals surface area (Å²) in [6, 6.07) is 13.6. The Labute approximate surface area is 131 Å². The fourth-order valence-electron chi connectivity index (χ4n) is 1.66. The number of carbonyl (C=O) groups is 1. The fraction of sp³-hybridized carbons (Fsp3) is 0.133. The second-order valence-electron chi connectivity index (χ2n) is 4.07. The van der Waals surface area contributed by atoms with Crippen LogP contribution in [-0.2, 0) is 32.9 Å². The summed E-state index contributed by atoms with van der Waals surface area (Å²) < 4.78 is 25.9. The summed E-state index contributed by atoms with van der Waals surface area (Å²) in [6.07, 6.45) is 0.806. The van der Waals surface area contributed by atoms with E-state index in [9.17, 15) is 13.6 Å². The van der Waals surface area contributed by atoms with Crippen LogP contribution in [0.1, 0.15) is 12.0 Å². The van der Waals surface area contributed by atoms with E-state index < -0.39 is 11.6 Å². The summed E-state index contributed by atoms with van der Waals surface area (Å²) in [5.41, 5.74) is 0.975. The molecule has 20 heavy (non-hydrogen) atoms. The number of halogens is 2. The Morgan fingerprint density at radius 1 is 1.10 bits per heavy atom. The third-order valence-electron chi connectivity index (χ3n) is 2.62. The third kappa shape index (κ3) is 4.87. The summed E-state index contributed by atoms with van der Waals surface area (Å²) in [4.78, 5) is 11.6. The summed E-state index contributed by atoms with van der Waals surface area (Å²) in [5, 5.41) is 2.40. The van der Waals surface area contributed by atoms with Gasteiger partial charge in [-0.3, -0.25) is 4.79 Å². The van der Waals surface area contributed by atoms with E-state index >= 15 is 0 Å². The van der Waals surface area contributed by atoms with E-state index in [1.807, 2.05) is 36.4 Å². The first-order valence-electron chi connectivity index (χ1n) is 5.86. The van der Waals surface area contributed by atoms with Gasteiger partial charge in [0, 0.05) is 28.1 Å². The van der Waals surface area contributed by atoms with Crippen LogP contribution in [0.3, 0.4) is 0 Å². The molecule has 0 atom stereocenters. The molecule has 2 rings (SSSR count). The van der Waals surface area contributed by atoms with Crippen molar-refractivity contribution in [1.29, 1.82) is 0 Å². The molecule has 0 spiro atoms. The Hall–Kier alpha value is -1.52. The standard InChI is InChI=1S/C15H12F2NO.Ti/c16-12-7-8-14(13(17)10-12)18-15(19)9-6-11-4-2-1-3-5-11;/h1-5,7-8H,6,9H2,(H,18,19);. The molecule has 1 amide bonds. The maximum atomic E-state index is 13.3. The predicted molar refractivity (Wildman–Crippen MR) is 68.6 cm³/mol. The van der Waals surface area contributed by atoms with Crippen molar-refractivity contribution in [2.75, 3.05) is 5.32 Å². The van der Waals surface area contributed by atoms with Gasteiger partial charge >= 0.3 is 0 Å². The molecule has 2 nitrogen and oxygen atoms in total. The molecular formula is C15H12F2NOTi. The number of nitrogens with one attached hydrogen (secondary N) is 1. The normalized spacial score (nSPS) is 9.70. The number of carbonyl (C=O) groups excluding carboxylic acids is 1. The van der Waals surface area contributed by atoms with Crippen LogP contribution in [0.15, 0.2) is 42.5 Å². The molecule has 1 radical (unpaired) electrons. The van der Waals surface area contributed by atoms with Crippen molar-refractivity contribution in [3.63, 3.8) is 0 Å². The van der Waals surface area contributed by atoms with Crippen molar-refractivity contribution in [3.05, 3.63) is 65.7 Å². The Balaban J connectivity index is 0.00000200. The van der Waals surface area contributed by atoms with E-state index in [0.717, 1.165) is 11.6 Å². The SMILES string of the molecule is O=C(CCc1ccccc1)Nc1ccc(F)[c]c1F.[Ti]. The largest absolute Gasteiger partial charge is 0.324 e. The zero-order chi connectivity index (χ0) is 13.7. The Kier molecular flexibility index (Phi) is 6.55. The number of hydrogen-bond acceptors (Lipinski definition) is 1. The quantitative estimate of drug-likeness (QED) is 0.863. The number of aryl methyl sites for hydroxylation is 1. The Morgan fingerprint density at radius 3 is 2.45 bits per heavy atom. The molecule has 0 bridgehead atoms. The van der Waals surface area contributed by atoms with Gasteiger partial charge in [-0.2, -0.15) is 0 Å². The van der Waals surface area contributed by atoms with Crippen molar-refractivity contribution in [2.45, 2.75) is 12.8 Å². The van der Waals surface area contributed by atoms with E-state index in [-0.39, 0.29) is 39.7 Å². The van der Waals surface area contributed by atoms with Crippen molar-refractivity contribution in [3.8, 4) is 0 Å². The molecule has 0 saturated heterocycles. The average Bonchev–Trinajstić information content (AvgIpc) is 2.41. The van der Waals surface area contributed by atoms with Crippen LogP contribution in [0, 0.1) is 17.7 Å². The molecular weight excluding hydrogens is 296 g/mol. The number of amides is 1. The number of rotatable bonds is 4. The van der Waals surface area contributed by atoms with Crippen LogP contribution in [-0.4, -0.2) is 5.91 Å². The second-order valence-corrected chi connectivity index (χ2v) is 4.07. The van der Waals surface area contributed by atoms with E-state index in [2.05, 4.69) is 5.32 Å². The zero-order valence-electron chi connectivity index (χ0n) is 10.6. The van der Waals surface area contributed by atoms with Gasteiger partial charge in [0.25, 0.3) is 0 Å². The summed E-state index contributed by atoms with van der Waals surface area (Å²) in [6.45, 7) is 0. The molecule has 0 unspecified atom stereocenters. The minimum atomic E-state index is -0.895. The minimum Gasteiger partial charge on any atom is -0.324 e. The van der Waals surface area contributed by atoms with Crippen LogP contribution in [0.2, 0.25) is 0 Å². The minimum absolute atomic E-state index is 0. The average molecular weight is 308 g/mol. The van der Waals surface area contributed by atoms with Crippen LogP contribution in [0.25, 0.3) is 0 Å². The molecule has 0 heterocycles. The third-order valence-corrected chi connectivity index (χ3v) is 2.62. The fourth-order valence-corrected chi connectivity index (χ4v) is 1.66. The van der Waals surface area contributed by atoms with E-state index in [0.29, 0.717) is 6.42 Å².